The molecule has 0 saturated heterocycles. The second-order valence-electron chi connectivity index (χ2n) is 7.29. The molecule has 2 N–H and O–H groups in total. The van der Waals surface area contributed by atoms with Gasteiger partial charge < -0.3 is 10.6 Å². The van der Waals surface area contributed by atoms with Crippen molar-refractivity contribution >= 4 is 22.5 Å². The van der Waals surface area contributed by atoms with E-state index >= 15 is 0 Å². The zero-order chi connectivity index (χ0) is 17.8. The normalized spacial score (nSPS) is 16.8. The maximum Gasteiger partial charge on any atom is 0.258 e. The standard InChI is InChI=1S/C21H20N4O/c1-12-8-9-16(23-10-12)14-6-3-7-15-19(22)18-17(24-20(14)15)11-25(21(18)26)13-4-2-5-13/h3,6-10,13H,2,4-5,11H2,1H3,(H2,22,24). The summed E-state index contributed by atoms with van der Waals surface area (Å²) in [5.74, 6) is 0.0375. The zero-order valence-corrected chi connectivity index (χ0v) is 14.7. The van der Waals surface area contributed by atoms with Crippen LogP contribution in [0.2, 0.25) is 0 Å². The van der Waals surface area contributed by atoms with E-state index in [0.717, 1.165) is 46.3 Å². The monoisotopic (exact) mass is 344 g/mol. The Balaban J connectivity index is 1.69. The van der Waals surface area contributed by atoms with Crippen molar-refractivity contribution in [3.63, 3.8) is 0 Å². The summed E-state index contributed by atoms with van der Waals surface area (Å²) in [5, 5.41) is 0.826. The Bertz CT molecular complexity index is 1040. The van der Waals surface area contributed by atoms with Gasteiger partial charge in [0, 0.05) is 23.2 Å². The van der Waals surface area contributed by atoms with Gasteiger partial charge in [0.25, 0.3) is 5.91 Å². The van der Waals surface area contributed by atoms with E-state index in [1.807, 2.05) is 48.4 Å². The molecule has 0 atom stereocenters. The highest BCUT2D eigenvalue weighted by Crippen LogP contribution is 2.38. The number of pyridine rings is 2. The van der Waals surface area contributed by atoms with Crippen molar-refractivity contribution in [2.24, 2.45) is 0 Å². The maximum atomic E-state index is 12.9. The fraction of sp³-hybridized carbons (Fsp3) is 0.286. The lowest BCUT2D eigenvalue weighted by Crippen LogP contribution is -2.40. The number of aromatic nitrogens is 2. The van der Waals surface area contributed by atoms with Gasteiger partial charge >= 0.3 is 0 Å². The molecule has 0 radical (unpaired) electrons. The Morgan fingerprint density at radius 2 is 2.04 bits per heavy atom. The number of rotatable bonds is 2. The SMILES string of the molecule is Cc1ccc(-c2cccc3c(N)c4c(nc23)CN(C2CCC2)C4=O)nc1. The van der Waals surface area contributed by atoms with Gasteiger partial charge in [-0.2, -0.15) is 0 Å². The molecule has 5 nitrogen and oxygen atoms in total. The molecule has 1 saturated carbocycles. The number of nitrogens with two attached hydrogens (primary N) is 1. The number of nitrogens with zero attached hydrogens (tertiary/aromatic N) is 3. The molecule has 1 amide bonds. The van der Waals surface area contributed by atoms with E-state index in [1.165, 1.54) is 6.42 Å². The summed E-state index contributed by atoms with van der Waals surface area (Å²) in [7, 11) is 0. The van der Waals surface area contributed by atoms with E-state index in [4.69, 9.17) is 10.7 Å². The summed E-state index contributed by atoms with van der Waals surface area (Å²) in [6.45, 7) is 2.58. The third-order valence-electron chi connectivity index (χ3n) is 5.63. The molecule has 130 valence electrons. The Labute approximate surface area is 151 Å². The summed E-state index contributed by atoms with van der Waals surface area (Å²) < 4.78 is 0. The number of nitrogen functional groups attached to an aromatic ring is 1. The van der Waals surface area contributed by atoms with Gasteiger partial charge in [0.2, 0.25) is 0 Å². The first-order valence-electron chi connectivity index (χ1n) is 9.08. The molecule has 0 unspecified atom stereocenters. The Hall–Kier alpha value is -2.95. The van der Waals surface area contributed by atoms with Crippen LogP contribution in [0.1, 0.15) is 40.9 Å². The van der Waals surface area contributed by atoms with Crippen LogP contribution in [0.3, 0.4) is 0 Å². The molecule has 2 aromatic heterocycles. The summed E-state index contributed by atoms with van der Waals surface area (Å²) in [5.41, 5.74) is 12.1. The minimum absolute atomic E-state index is 0.0375. The van der Waals surface area contributed by atoms with E-state index in [2.05, 4.69) is 4.98 Å². The van der Waals surface area contributed by atoms with Crippen LogP contribution < -0.4 is 5.73 Å². The molecule has 0 bridgehead atoms. The number of carbonyl (C=O) groups excluding carboxylic acids is 1. The van der Waals surface area contributed by atoms with Crippen LogP contribution in [0.25, 0.3) is 22.2 Å². The number of anilines is 1. The van der Waals surface area contributed by atoms with Crippen LogP contribution in [0.5, 0.6) is 0 Å². The van der Waals surface area contributed by atoms with Crippen molar-refractivity contribution in [1.29, 1.82) is 0 Å². The van der Waals surface area contributed by atoms with Gasteiger partial charge in [-0.25, -0.2) is 4.98 Å². The molecule has 3 heterocycles. The second kappa shape index (κ2) is 5.53. The molecule has 5 heteroatoms. The maximum absolute atomic E-state index is 12.9. The highest BCUT2D eigenvalue weighted by Gasteiger charge is 2.38. The third-order valence-corrected chi connectivity index (χ3v) is 5.63. The van der Waals surface area contributed by atoms with Gasteiger partial charge in [-0.1, -0.05) is 24.3 Å². The van der Waals surface area contributed by atoms with Gasteiger partial charge in [0.05, 0.1) is 34.7 Å². The summed E-state index contributed by atoms with van der Waals surface area (Å²) in [6, 6.07) is 10.3. The average molecular weight is 344 g/mol. The van der Waals surface area contributed by atoms with Crippen LogP contribution in [0.4, 0.5) is 5.69 Å². The second-order valence-corrected chi connectivity index (χ2v) is 7.29. The largest absolute Gasteiger partial charge is 0.397 e. The molecule has 1 aromatic carbocycles. The lowest BCUT2D eigenvalue weighted by atomic mass is 9.92. The minimum Gasteiger partial charge on any atom is -0.397 e. The number of hydrogen-bond acceptors (Lipinski definition) is 4. The molecule has 1 aliphatic carbocycles. The van der Waals surface area contributed by atoms with Crippen molar-refractivity contribution in [3.05, 3.63) is 53.3 Å². The highest BCUT2D eigenvalue weighted by molar-refractivity contribution is 6.11. The van der Waals surface area contributed by atoms with Gasteiger partial charge in [0.1, 0.15) is 0 Å². The van der Waals surface area contributed by atoms with E-state index in [-0.39, 0.29) is 5.91 Å². The first-order valence-corrected chi connectivity index (χ1v) is 9.08. The van der Waals surface area contributed by atoms with Crippen molar-refractivity contribution in [3.8, 4) is 11.3 Å². The van der Waals surface area contributed by atoms with Gasteiger partial charge in [-0.15, -0.1) is 0 Å². The molecule has 0 spiro atoms. The fourth-order valence-corrected chi connectivity index (χ4v) is 3.92. The van der Waals surface area contributed by atoms with Gasteiger partial charge in [-0.05, 0) is 37.8 Å². The van der Waals surface area contributed by atoms with Crippen LogP contribution in [-0.2, 0) is 6.54 Å². The fourth-order valence-electron chi connectivity index (χ4n) is 3.92. The number of aryl methyl sites for hydroxylation is 1. The van der Waals surface area contributed by atoms with Crippen LogP contribution >= 0.6 is 0 Å². The smallest absolute Gasteiger partial charge is 0.258 e. The van der Waals surface area contributed by atoms with Gasteiger partial charge in [0.15, 0.2) is 0 Å². The average Bonchev–Trinajstić information content (AvgIpc) is 2.91. The quantitative estimate of drug-likeness (QED) is 0.769. The number of para-hydroxylation sites is 1. The van der Waals surface area contributed by atoms with Crippen molar-refractivity contribution in [1.82, 2.24) is 14.9 Å². The lowest BCUT2D eigenvalue weighted by Gasteiger charge is -2.34. The Morgan fingerprint density at radius 1 is 1.19 bits per heavy atom. The minimum atomic E-state index is 0.0375. The Morgan fingerprint density at radius 3 is 2.73 bits per heavy atom. The van der Waals surface area contributed by atoms with Crippen molar-refractivity contribution in [2.45, 2.75) is 38.8 Å². The van der Waals surface area contributed by atoms with E-state index in [0.29, 0.717) is 23.8 Å². The molecule has 5 rings (SSSR count). The number of hydrogen-bond donors (Lipinski definition) is 1. The predicted octanol–water partition coefficient (Wildman–Crippen LogP) is 3.70. The van der Waals surface area contributed by atoms with Gasteiger partial charge in [-0.3, -0.25) is 9.78 Å². The zero-order valence-electron chi connectivity index (χ0n) is 14.7. The van der Waals surface area contributed by atoms with Crippen molar-refractivity contribution in [2.75, 3.05) is 5.73 Å². The predicted molar refractivity (Wildman–Crippen MR) is 102 cm³/mol. The van der Waals surface area contributed by atoms with E-state index in [1.54, 1.807) is 0 Å². The molecule has 26 heavy (non-hydrogen) atoms. The number of carbonyl (C=O) groups is 1. The first kappa shape index (κ1) is 15.3. The molecule has 2 aliphatic rings. The molecular weight excluding hydrogens is 324 g/mol. The molecule has 1 fully saturated rings. The topological polar surface area (TPSA) is 72.1 Å². The van der Waals surface area contributed by atoms with Crippen LogP contribution in [-0.4, -0.2) is 26.8 Å². The Kier molecular flexibility index (Phi) is 3.26. The van der Waals surface area contributed by atoms with E-state index in [9.17, 15) is 4.79 Å². The number of amides is 1. The van der Waals surface area contributed by atoms with Crippen LogP contribution in [0.15, 0.2) is 36.5 Å². The molecular formula is C21H20N4O. The summed E-state index contributed by atoms with van der Waals surface area (Å²) in [4.78, 5) is 24.2. The number of benzene rings is 1. The summed E-state index contributed by atoms with van der Waals surface area (Å²) in [6.07, 6.45) is 5.21. The van der Waals surface area contributed by atoms with Crippen molar-refractivity contribution < 1.29 is 4.79 Å². The third kappa shape index (κ3) is 2.13. The summed E-state index contributed by atoms with van der Waals surface area (Å²) >= 11 is 0. The molecule has 1 aliphatic heterocycles. The highest BCUT2D eigenvalue weighted by atomic mass is 16.2. The first-order chi connectivity index (χ1) is 12.6. The van der Waals surface area contributed by atoms with Crippen LogP contribution in [0, 0.1) is 6.92 Å². The molecule has 3 aromatic rings. The number of fused-ring (bicyclic) bond motifs is 2. The lowest BCUT2D eigenvalue weighted by molar-refractivity contribution is 0.0606. The van der Waals surface area contributed by atoms with E-state index < -0.39 is 0 Å².